The van der Waals surface area contributed by atoms with Gasteiger partial charge in [-0.05, 0) is 54.4 Å². The molecule has 1 fully saturated rings. The van der Waals surface area contributed by atoms with Gasteiger partial charge in [0.1, 0.15) is 5.92 Å². The van der Waals surface area contributed by atoms with E-state index in [1.807, 2.05) is 50.2 Å². The highest BCUT2D eigenvalue weighted by atomic mass is 32.1. The molecule has 1 aromatic carbocycles. The molecule has 9 heteroatoms. The van der Waals surface area contributed by atoms with Gasteiger partial charge in [0.2, 0.25) is 12.1 Å². The van der Waals surface area contributed by atoms with Crippen molar-refractivity contribution >= 4 is 23.0 Å². The third-order valence-corrected chi connectivity index (χ3v) is 10.9. The predicted octanol–water partition coefficient (Wildman–Crippen LogP) is 6.08. The molecule has 8 nitrogen and oxygen atoms in total. The molecule has 3 aromatic rings. The SMILES string of the molecule is CCC(CC)(C[n+]1ccc(C(C(=O)N2C[C@H](O)C[C@H]2C(=O)CN[C@@H](C)c2ccc(-c3scnc3C)cc2)C(C)C)o1)C(C)C. The predicted molar refractivity (Wildman–Crippen MR) is 174 cm³/mol. The number of rotatable bonds is 14. The standard InChI is InChI=1S/C35H51N4O4S/c1-9-35(10-2,23(5)6)20-38-16-15-31(43-38)32(22(3)4)34(42)39-19-28(40)17-29(39)30(41)18-36-24(7)26-11-13-27(14-12-26)33-25(8)37-21-44-33/h11-16,21-24,28-29,32,36,40H,9-10,17-20H2,1-8H3/q+1/t24-,28+,29-,32?/m0/s1. The Morgan fingerprint density at radius 2 is 1.82 bits per heavy atom. The normalized spacial score (nSPS) is 18.8. The minimum atomic E-state index is -0.733. The first-order valence-electron chi connectivity index (χ1n) is 16.1. The summed E-state index contributed by atoms with van der Waals surface area (Å²) in [5.74, 6) is 0.246. The van der Waals surface area contributed by atoms with Crippen LogP contribution >= 0.6 is 11.3 Å². The minimum Gasteiger partial charge on any atom is -0.391 e. The maximum Gasteiger partial charge on any atom is 0.234 e. The molecule has 0 aliphatic carbocycles. The van der Waals surface area contributed by atoms with Crippen LogP contribution in [0.1, 0.15) is 96.7 Å². The molecule has 0 saturated carbocycles. The molecule has 240 valence electrons. The van der Waals surface area contributed by atoms with Crippen LogP contribution in [0.4, 0.5) is 0 Å². The highest BCUT2D eigenvalue weighted by Crippen LogP contribution is 2.36. The molecule has 0 bridgehead atoms. The zero-order valence-corrected chi connectivity index (χ0v) is 28.5. The average molecular weight is 624 g/mol. The number of benzene rings is 1. The van der Waals surface area contributed by atoms with Crippen LogP contribution in [0.3, 0.4) is 0 Å². The van der Waals surface area contributed by atoms with Crippen LogP contribution in [-0.4, -0.2) is 51.9 Å². The largest absolute Gasteiger partial charge is 0.391 e. The zero-order valence-electron chi connectivity index (χ0n) is 27.7. The Morgan fingerprint density at radius 3 is 2.39 bits per heavy atom. The molecule has 0 radical (unpaired) electrons. The van der Waals surface area contributed by atoms with Gasteiger partial charge >= 0.3 is 0 Å². The van der Waals surface area contributed by atoms with Crippen molar-refractivity contribution in [3.63, 3.8) is 0 Å². The fourth-order valence-corrected chi connectivity index (χ4v) is 7.46. The van der Waals surface area contributed by atoms with E-state index in [1.165, 1.54) is 0 Å². The molecule has 44 heavy (non-hydrogen) atoms. The van der Waals surface area contributed by atoms with Gasteiger partial charge in [0.15, 0.2) is 18.1 Å². The molecular formula is C35H51N4O4S+. The van der Waals surface area contributed by atoms with E-state index in [2.05, 4.69) is 62.3 Å². The first kappa shape index (κ1) is 34.0. The summed E-state index contributed by atoms with van der Waals surface area (Å²) >= 11 is 1.62. The summed E-state index contributed by atoms with van der Waals surface area (Å²) in [6, 6.07) is 9.47. The van der Waals surface area contributed by atoms with E-state index >= 15 is 0 Å². The van der Waals surface area contributed by atoms with E-state index in [0.717, 1.165) is 41.1 Å². The number of hydrogen-bond acceptors (Lipinski definition) is 7. The summed E-state index contributed by atoms with van der Waals surface area (Å²) in [6.45, 7) is 18.0. The minimum absolute atomic E-state index is 0.0438. The van der Waals surface area contributed by atoms with Gasteiger partial charge in [-0.3, -0.25) is 9.59 Å². The number of nitrogens with one attached hydrogen (secondary N) is 1. The zero-order chi connectivity index (χ0) is 32.2. The molecule has 4 atom stereocenters. The number of aliphatic hydroxyl groups excluding tert-OH is 1. The second kappa shape index (κ2) is 14.5. The first-order chi connectivity index (χ1) is 20.9. The van der Waals surface area contributed by atoms with Gasteiger partial charge in [-0.2, -0.15) is 0 Å². The number of Topliss-reactive ketones (excluding diaryl/α,β-unsaturated/α-hetero) is 1. The number of ketones is 1. The van der Waals surface area contributed by atoms with E-state index in [1.54, 1.807) is 16.2 Å². The van der Waals surface area contributed by atoms with Gasteiger partial charge in [-0.15, -0.1) is 11.3 Å². The fourth-order valence-electron chi connectivity index (χ4n) is 6.65. The van der Waals surface area contributed by atoms with Crippen molar-refractivity contribution in [2.45, 2.75) is 105 Å². The second-order valence-corrected chi connectivity index (χ2v) is 14.0. The summed E-state index contributed by atoms with van der Waals surface area (Å²) in [7, 11) is 0. The highest BCUT2D eigenvalue weighted by molar-refractivity contribution is 7.13. The number of carbonyl (C=O) groups is 2. The topological polar surface area (TPSA) is 99.5 Å². The summed E-state index contributed by atoms with van der Waals surface area (Å²) in [5, 5.41) is 13.9. The molecule has 4 rings (SSSR count). The third kappa shape index (κ3) is 7.32. The summed E-state index contributed by atoms with van der Waals surface area (Å²) in [4.78, 5) is 34.6. The summed E-state index contributed by atoms with van der Waals surface area (Å²) < 4.78 is 8.16. The lowest BCUT2D eigenvalue weighted by Crippen LogP contribution is -2.47. The number of aryl methyl sites for hydroxylation is 1. The number of nitrogens with zero attached hydrogens (tertiary/aromatic N) is 3. The second-order valence-electron chi connectivity index (χ2n) is 13.2. The van der Waals surface area contributed by atoms with Crippen LogP contribution in [0.5, 0.6) is 0 Å². The Bertz CT molecular complexity index is 1390. The molecule has 1 amide bonds. The molecule has 1 aliphatic heterocycles. The molecular weight excluding hydrogens is 572 g/mol. The molecule has 3 heterocycles. The van der Waals surface area contributed by atoms with Gasteiger partial charge in [-0.1, -0.05) is 65.8 Å². The van der Waals surface area contributed by atoms with Crippen LogP contribution in [0.15, 0.2) is 46.6 Å². The van der Waals surface area contributed by atoms with E-state index in [-0.39, 0.29) is 48.6 Å². The Labute approximate surface area is 266 Å². The number of likely N-dealkylation sites (tertiary alicyclic amines) is 1. The van der Waals surface area contributed by atoms with Crippen molar-refractivity contribution in [2.75, 3.05) is 13.1 Å². The first-order valence-corrected chi connectivity index (χ1v) is 17.0. The number of carbonyl (C=O) groups excluding carboxylic acids is 2. The average Bonchev–Trinajstić information content (AvgIpc) is 3.74. The van der Waals surface area contributed by atoms with E-state index in [9.17, 15) is 14.7 Å². The van der Waals surface area contributed by atoms with Crippen LogP contribution < -0.4 is 10.1 Å². The Hall–Kier alpha value is -2.88. The van der Waals surface area contributed by atoms with Crippen LogP contribution in [0.25, 0.3) is 10.4 Å². The van der Waals surface area contributed by atoms with Crippen molar-refractivity contribution in [3.05, 3.63) is 59.1 Å². The highest BCUT2D eigenvalue weighted by Gasteiger charge is 2.44. The van der Waals surface area contributed by atoms with Gasteiger partial charge in [0.05, 0.1) is 40.8 Å². The number of β-amino-alcohol motifs (C(OH)–C–C–N with tert-alkyl or cyclic N) is 1. The quantitative estimate of drug-likeness (QED) is 0.211. The Balaban J connectivity index is 1.43. The summed E-state index contributed by atoms with van der Waals surface area (Å²) in [5.41, 5.74) is 5.18. The summed E-state index contributed by atoms with van der Waals surface area (Å²) in [6.07, 6.45) is 3.52. The monoisotopic (exact) mass is 623 g/mol. The fraction of sp³-hybridized carbons (Fsp3) is 0.600. The van der Waals surface area contributed by atoms with Crippen LogP contribution in [0, 0.1) is 24.2 Å². The Kier molecular flexibility index (Phi) is 11.2. The van der Waals surface area contributed by atoms with E-state index < -0.39 is 18.1 Å². The molecule has 0 spiro atoms. The van der Waals surface area contributed by atoms with Crippen molar-refractivity contribution in [3.8, 4) is 10.4 Å². The molecule has 1 saturated heterocycles. The van der Waals surface area contributed by atoms with Crippen molar-refractivity contribution in [1.82, 2.24) is 15.2 Å². The molecule has 1 unspecified atom stereocenters. The number of aromatic nitrogens is 2. The van der Waals surface area contributed by atoms with E-state index in [4.69, 9.17) is 4.52 Å². The smallest absolute Gasteiger partial charge is 0.234 e. The lowest BCUT2D eigenvalue weighted by atomic mass is 9.73. The van der Waals surface area contributed by atoms with E-state index in [0.29, 0.717) is 11.7 Å². The van der Waals surface area contributed by atoms with Crippen LogP contribution in [0.2, 0.25) is 0 Å². The molecule has 2 aromatic heterocycles. The van der Waals surface area contributed by atoms with Gasteiger partial charge in [0.25, 0.3) is 0 Å². The van der Waals surface area contributed by atoms with Gasteiger partial charge < -0.3 is 15.3 Å². The molecule has 1 aliphatic rings. The third-order valence-electron chi connectivity index (χ3n) is 9.91. The number of amides is 1. The lowest BCUT2D eigenvalue weighted by molar-refractivity contribution is -0.873. The van der Waals surface area contributed by atoms with Crippen molar-refractivity contribution < 1.29 is 24.0 Å². The number of thiazole rings is 1. The number of aliphatic hydroxyl groups is 1. The Morgan fingerprint density at radius 1 is 1.14 bits per heavy atom. The lowest BCUT2D eigenvalue weighted by Gasteiger charge is -2.31. The number of hydrogen-bond donors (Lipinski definition) is 2. The maximum absolute atomic E-state index is 14.0. The van der Waals surface area contributed by atoms with Gasteiger partial charge in [0, 0.05) is 24.4 Å². The molecule has 2 N–H and O–H groups in total. The van der Waals surface area contributed by atoms with Crippen LogP contribution in [-0.2, 0) is 16.1 Å². The maximum atomic E-state index is 14.0. The van der Waals surface area contributed by atoms with Crippen molar-refractivity contribution in [1.29, 1.82) is 0 Å². The van der Waals surface area contributed by atoms with Gasteiger partial charge in [-0.25, -0.2) is 9.51 Å². The van der Waals surface area contributed by atoms with Crippen molar-refractivity contribution in [2.24, 2.45) is 17.3 Å².